The smallest absolute Gasteiger partial charge is 0.265 e. The van der Waals surface area contributed by atoms with Gasteiger partial charge in [-0.15, -0.1) is 0 Å². The van der Waals surface area contributed by atoms with Crippen LogP contribution < -0.4 is 15.6 Å². The van der Waals surface area contributed by atoms with Gasteiger partial charge in [0.2, 0.25) is 5.71 Å². The zero-order chi connectivity index (χ0) is 21.0. The van der Waals surface area contributed by atoms with E-state index in [4.69, 9.17) is 9.15 Å². The van der Waals surface area contributed by atoms with E-state index < -0.39 is 5.91 Å². The van der Waals surface area contributed by atoms with Gasteiger partial charge in [-0.05, 0) is 32.1 Å². The molecule has 1 N–H and O–H groups in total. The van der Waals surface area contributed by atoms with Crippen molar-refractivity contribution >= 4 is 22.7 Å². The van der Waals surface area contributed by atoms with Crippen LogP contribution in [0.1, 0.15) is 30.0 Å². The number of nitrogens with zero attached hydrogens (tertiary/aromatic N) is 3. The number of hydrogen-bond acceptors (Lipinski definition) is 6. The Balaban J connectivity index is 1.84. The molecule has 0 saturated heterocycles. The van der Waals surface area contributed by atoms with Gasteiger partial charge in [0.05, 0.1) is 11.3 Å². The minimum Gasteiger partial charge on any atom is -0.490 e. The summed E-state index contributed by atoms with van der Waals surface area (Å²) in [6.07, 6.45) is 1.37. The van der Waals surface area contributed by atoms with Gasteiger partial charge < -0.3 is 23.9 Å². The number of hydrogen-bond donors (Lipinski definition) is 1. The fourth-order valence-corrected chi connectivity index (χ4v) is 3.17. The number of carbonyl (C=O) groups is 1. The highest BCUT2D eigenvalue weighted by atomic mass is 16.5. The van der Waals surface area contributed by atoms with Gasteiger partial charge in [-0.1, -0.05) is 26.0 Å². The fourth-order valence-electron chi connectivity index (χ4n) is 3.17. The van der Waals surface area contributed by atoms with Crippen molar-refractivity contribution in [2.75, 3.05) is 31.6 Å². The minimum atomic E-state index is -0.439. The van der Waals surface area contributed by atoms with Crippen LogP contribution in [0, 0.1) is 6.92 Å². The molecular weight excluding hydrogens is 372 g/mol. The zero-order valence-electron chi connectivity index (χ0n) is 17.2. The monoisotopic (exact) mass is 398 g/mol. The Bertz CT molecular complexity index is 1070. The number of para-hydroxylation sites is 2. The number of ether oxygens (including phenoxy) is 1. The lowest BCUT2D eigenvalue weighted by molar-refractivity contribution is 0.102. The molecule has 0 atom stereocenters. The van der Waals surface area contributed by atoms with E-state index in [0.29, 0.717) is 23.8 Å². The Kier molecular flexibility index (Phi) is 6.33. The van der Waals surface area contributed by atoms with E-state index >= 15 is 0 Å². The molecule has 154 valence electrons. The summed E-state index contributed by atoms with van der Waals surface area (Å²) in [4.78, 5) is 31.8. The second-order valence-electron chi connectivity index (χ2n) is 6.70. The molecule has 29 heavy (non-hydrogen) atoms. The largest absolute Gasteiger partial charge is 0.490 e. The summed E-state index contributed by atoms with van der Waals surface area (Å²) in [6.45, 7) is 9.06. The van der Waals surface area contributed by atoms with Crippen molar-refractivity contribution in [1.29, 1.82) is 0 Å². The Morgan fingerprint density at radius 3 is 2.72 bits per heavy atom. The van der Waals surface area contributed by atoms with Crippen LogP contribution in [-0.4, -0.2) is 46.6 Å². The quantitative estimate of drug-likeness (QED) is 0.628. The van der Waals surface area contributed by atoms with Crippen LogP contribution in [0.4, 0.5) is 5.69 Å². The van der Waals surface area contributed by atoms with E-state index in [1.165, 1.54) is 10.9 Å². The Labute approximate surface area is 169 Å². The van der Waals surface area contributed by atoms with Crippen molar-refractivity contribution < 1.29 is 13.9 Å². The normalized spacial score (nSPS) is 11.2. The standard InChI is InChI=1S/C21H26N4O4/c1-5-25(6-2)11-12-28-16-10-8-7-9-15(16)23-19(26)17-14(3)29-20-18(17)21(27)24(4)13-22-20/h7-10,13H,5-6,11-12H2,1-4H3,(H,23,26). The van der Waals surface area contributed by atoms with E-state index in [1.807, 2.05) is 12.1 Å². The van der Waals surface area contributed by atoms with Gasteiger partial charge in [-0.25, -0.2) is 4.98 Å². The van der Waals surface area contributed by atoms with Crippen molar-refractivity contribution in [3.05, 3.63) is 52.3 Å². The predicted octanol–water partition coefficient (Wildman–Crippen LogP) is 2.81. The number of aromatic nitrogens is 2. The second-order valence-corrected chi connectivity index (χ2v) is 6.70. The lowest BCUT2D eigenvalue weighted by atomic mass is 10.1. The van der Waals surface area contributed by atoms with Crippen molar-refractivity contribution in [1.82, 2.24) is 14.5 Å². The maximum Gasteiger partial charge on any atom is 0.265 e. The van der Waals surface area contributed by atoms with Crippen molar-refractivity contribution in [3.63, 3.8) is 0 Å². The number of carbonyl (C=O) groups excluding carboxylic acids is 1. The third-order valence-corrected chi connectivity index (χ3v) is 4.87. The Morgan fingerprint density at radius 1 is 1.28 bits per heavy atom. The lowest BCUT2D eigenvalue weighted by Crippen LogP contribution is -2.28. The second kappa shape index (κ2) is 8.91. The van der Waals surface area contributed by atoms with Crippen LogP contribution in [0.15, 0.2) is 39.8 Å². The minimum absolute atomic E-state index is 0.152. The van der Waals surface area contributed by atoms with Crippen molar-refractivity contribution in [3.8, 4) is 5.75 Å². The van der Waals surface area contributed by atoms with Gasteiger partial charge in [0.15, 0.2) is 0 Å². The van der Waals surface area contributed by atoms with E-state index in [1.54, 1.807) is 26.1 Å². The molecule has 8 heteroatoms. The van der Waals surface area contributed by atoms with E-state index in [9.17, 15) is 9.59 Å². The zero-order valence-corrected chi connectivity index (χ0v) is 17.2. The number of anilines is 1. The first kappa shape index (κ1) is 20.6. The summed E-state index contributed by atoms with van der Waals surface area (Å²) in [7, 11) is 1.58. The molecule has 2 aromatic heterocycles. The third-order valence-electron chi connectivity index (χ3n) is 4.87. The molecule has 0 fully saturated rings. The van der Waals surface area contributed by atoms with Crippen molar-refractivity contribution in [2.45, 2.75) is 20.8 Å². The van der Waals surface area contributed by atoms with Crippen LogP contribution in [0.5, 0.6) is 5.75 Å². The summed E-state index contributed by atoms with van der Waals surface area (Å²) >= 11 is 0. The first-order valence-electron chi connectivity index (χ1n) is 9.66. The van der Waals surface area contributed by atoms with Crippen molar-refractivity contribution in [2.24, 2.45) is 7.05 Å². The first-order chi connectivity index (χ1) is 14.0. The van der Waals surface area contributed by atoms with Gasteiger partial charge in [0.25, 0.3) is 11.5 Å². The molecule has 3 aromatic rings. The predicted molar refractivity (Wildman–Crippen MR) is 112 cm³/mol. The lowest BCUT2D eigenvalue weighted by Gasteiger charge is -2.19. The number of furan rings is 1. The number of benzene rings is 1. The number of aryl methyl sites for hydroxylation is 2. The number of rotatable bonds is 8. The summed E-state index contributed by atoms with van der Waals surface area (Å²) in [6, 6.07) is 7.23. The highest BCUT2D eigenvalue weighted by Crippen LogP contribution is 2.27. The average Bonchev–Trinajstić information content (AvgIpc) is 3.06. The molecule has 0 aliphatic heterocycles. The molecule has 0 spiro atoms. The maximum absolute atomic E-state index is 13.0. The molecular formula is C21H26N4O4. The summed E-state index contributed by atoms with van der Waals surface area (Å²) < 4.78 is 12.7. The van der Waals surface area contributed by atoms with Gasteiger partial charge >= 0.3 is 0 Å². The molecule has 8 nitrogen and oxygen atoms in total. The average molecular weight is 398 g/mol. The summed E-state index contributed by atoms with van der Waals surface area (Å²) in [5.41, 5.74) is 0.540. The molecule has 2 heterocycles. The highest BCUT2D eigenvalue weighted by molar-refractivity contribution is 6.13. The van der Waals surface area contributed by atoms with Crippen LogP contribution >= 0.6 is 0 Å². The van der Waals surface area contributed by atoms with Gasteiger partial charge in [-0.2, -0.15) is 0 Å². The maximum atomic E-state index is 13.0. The summed E-state index contributed by atoms with van der Waals surface area (Å²) in [5, 5.41) is 3.02. The third kappa shape index (κ3) is 4.32. The molecule has 1 amide bonds. The van der Waals surface area contributed by atoms with Crippen LogP contribution in [0.25, 0.3) is 11.1 Å². The molecule has 0 bridgehead atoms. The number of likely N-dealkylation sites (N-methyl/N-ethyl adjacent to an activating group) is 1. The molecule has 0 aliphatic carbocycles. The highest BCUT2D eigenvalue weighted by Gasteiger charge is 2.23. The molecule has 0 unspecified atom stereocenters. The number of nitrogens with one attached hydrogen (secondary N) is 1. The van der Waals surface area contributed by atoms with E-state index in [0.717, 1.165) is 19.6 Å². The van der Waals surface area contributed by atoms with E-state index in [2.05, 4.69) is 29.0 Å². The molecule has 0 saturated carbocycles. The molecule has 3 rings (SSSR count). The topological polar surface area (TPSA) is 89.6 Å². The van der Waals surface area contributed by atoms with Crippen LogP contribution in [0.3, 0.4) is 0 Å². The van der Waals surface area contributed by atoms with Gasteiger partial charge in [0.1, 0.15) is 29.8 Å². The Morgan fingerprint density at radius 2 is 2.00 bits per heavy atom. The van der Waals surface area contributed by atoms with Gasteiger partial charge in [0, 0.05) is 13.6 Å². The van der Waals surface area contributed by atoms with Gasteiger partial charge in [-0.3, -0.25) is 9.59 Å². The Hall–Kier alpha value is -3.13. The summed E-state index contributed by atoms with van der Waals surface area (Å²) in [5.74, 6) is 0.476. The SMILES string of the molecule is CCN(CC)CCOc1ccccc1NC(=O)c1c(C)oc2ncn(C)c(=O)c12. The molecule has 1 aromatic carbocycles. The number of amides is 1. The first-order valence-corrected chi connectivity index (χ1v) is 9.66. The number of fused-ring (bicyclic) bond motifs is 1. The van der Waals surface area contributed by atoms with Crippen LogP contribution in [0.2, 0.25) is 0 Å². The fraction of sp³-hybridized carbons (Fsp3) is 0.381. The molecule has 0 aliphatic rings. The molecule has 0 radical (unpaired) electrons. The van der Waals surface area contributed by atoms with E-state index in [-0.39, 0.29) is 22.2 Å². The van der Waals surface area contributed by atoms with Crippen LogP contribution in [-0.2, 0) is 7.05 Å².